The van der Waals surface area contributed by atoms with Gasteiger partial charge < -0.3 is 15.7 Å². The second-order valence-electron chi connectivity index (χ2n) is 7.73. The highest BCUT2D eigenvalue weighted by Crippen LogP contribution is 2.21. The van der Waals surface area contributed by atoms with Crippen LogP contribution in [0.1, 0.15) is 46.1 Å². The molecule has 0 unspecified atom stereocenters. The zero-order chi connectivity index (χ0) is 20.8. The number of carbonyl (C=O) groups excluding carboxylic acids is 2. The summed E-state index contributed by atoms with van der Waals surface area (Å²) in [5.74, 6) is -4.04. The first-order valence-electron chi connectivity index (χ1n) is 8.62. The minimum absolute atomic E-state index is 0.117. The number of hydrogen-bond donors (Lipinski definition) is 3. The Kier molecular flexibility index (Phi) is 7.87. The highest BCUT2D eigenvalue weighted by atomic mass is 19.1. The van der Waals surface area contributed by atoms with Gasteiger partial charge in [0.15, 0.2) is 0 Å². The van der Waals surface area contributed by atoms with Crippen molar-refractivity contribution < 1.29 is 28.3 Å². The Morgan fingerprint density at radius 2 is 1.59 bits per heavy atom. The standard InChI is InChI=1S/C19H26F2N2O4/c1-11(24)22-16(9-12-7-13(20)10-14(21)8-12)17(25)23-15(18(26)27)5-6-19(2,3)4/h7-8,10,15-16H,5-6,9H2,1-4H3,(H,22,24)(H,23,25)(H,26,27)/t15-,16-/m0/s1. The lowest BCUT2D eigenvalue weighted by molar-refractivity contribution is -0.142. The van der Waals surface area contributed by atoms with Crippen LogP contribution in [0.2, 0.25) is 0 Å². The minimum Gasteiger partial charge on any atom is -0.480 e. The average molecular weight is 384 g/mol. The molecule has 150 valence electrons. The largest absolute Gasteiger partial charge is 0.480 e. The molecule has 1 aromatic rings. The van der Waals surface area contributed by atoms with Crippen molar-refractivity contribution in [2.75, 3.05) is 0 Å². The predicted molar refractivity (Wildman–Crippen MR) is 95.9 cm³/mol. The summed E-state index contributed by atoms with van der Waals surface area (Å²) in [6.07, 6.45) is 0.599. The van der Waals surface area contributed by atoms with Crippen LogP contribution < -0.4 is 10.6 Å². The molecule has 0 heterocycles. The molecule has 0 radical (unpaired) electrons. The molecular formula is C19H26F2N2O4. The first-order chi connectivity index (χ1) is 12.4. The zero-order valence-corrected chi connectivity index (χ0v) is 15.9. The lowest BCUT2D eigenvalue weighted by Crippen LogP contribution is -2.52. The fraction of sp³-hybridized carbons (Fsp3) is 0.526. The summed E-state index contributed by atoms with van der Waals surface area (Å²) in [5, 5.41) is 14.1. The highest BCUT2D eigenvalue weighted by molar-refractivity contribution is 5.90. The lowest BCUT2D eigenvalue weighted by Gasteiger charge is -2.24. The lowest BCUT2D eigenvalue weighted by atomic mass is 9.88. The van der Waals surface area contributed by atoms with Gasteiger partial charge in [0.05, 0.1) is 0 Å². The van der Waals surface area contributed by atoms with E-state index < -0.39 is 41.5 Å². The number of hydrogen-bond acceptors (Lipinski definition) is 3. The van der Waals surface area contributed by atoms with Gasteiger partial charge in [-0.25, -0.2) is 13.6 Å². The van der Waals surface area contributed by atoms with Crippen LogP contribution in [0.5, 0.6) is 0 Å². The number of aliphatic carboxylic acids is 1. The summed E-state index contributed by atoms with van der Waals surface area (Å²) < 4.78 is 26.7. The van der Waals surface area contributed by atoms with Crippen LogP contribution in [0.4, 0.5) is 8.78 Å². The Morgan fingerprint density at radius 1 is 1.04 bits per heavy atom. The Morgan fingerprint density at radius 3 is 2.04 bits per heavy atom. The van der Waals surface area contributed by atoms with E-state index >= 15 is 0 Å². The molecule has 2 atom stereocenters. The molecule has 0 aromatic heterocycles. The fourth-order valence-electron chi connectivity index (χ4n) is 2.53. The number of nitrogens with one attached hydrogen (secondary N) is 2. The molecule has 2 amide bonds. The van der Waals surface area contributed by atoms with Crippen molar-refractivity contribution in [2.24, 2.45) is 5.41 Å². The Labute approximate surface area is 157 Å². The molecule has 0 spiro atoms. The second kappa shape index (κ2) is 9.43. The van der Waals surface area contributed by atoms with E-state index in [1.807, 2.05) is 20.8 Å². The highest BCUT2D eigenvalue weighted by Gasteiger charge is 2.27. The maximum absolute atomic E-state index is 13.4. The summed E-state index contributed by atoms with van der Waals surface area (Å²) in [7, 11) is 0. The fourth-order valence-corrected chi connectivity index (χ4v) is 2.53. The molecule has 6 nitrogen and oxygen atoms in total. The Hall–Kier alpha value is -2.51. The van der Waals surface area contributed by atoms with Gasteiger partial charge in [-0.3, -0.25) is 9.59 Å². The van der Waals surface area contributed by atoms with Crippen molar-refractivity contribution in [3.05, 3.63) is 35.4 Å². The van der Waals surface area contributed by atoms with Gasteiger partial charge in [-0.15, -0.1) is 0 Å². The SMILES string of the molecule is CC(=O)N[C@@H](Cc1cc(F)cc(F)c1)C(=O)N[C@@H](CCC(C)(C)C)C(=O)O. The first kappa shape index (κ1) is 22.5. The second-order valence-corrected chi connectivity index (χ2v) is 7.73. The molecule has 1 rings (SSSR count). The monoisotopic (exact) mass is 384 g/mol. The maximum atomic E-state index is 13.4. The number of carboxylic acids is 1. The van der Waals surface area contributed by atoms with Crippen molar-refractivity contribution in [3.63, 3.8) is 0 Å². The van der Waals surface area contributed by atoms with E-state index in [9.17, 15) is 28.3 Å². The molecule has 3 N–H and O–H groups in total. The van der Waals surface area contributed by atoms with E-state index in [0.29, 0.717) is 12.5 Å². The number of rotatable bonds is 8. The van der Waals surface area contributed by atoms with Crippen LogP contribution in [0.3, 0.4) is 0 Å². The number of amides is 2. The molecule has 0 fully saturated rings. The predicted octanol–water partition coefficient (Wildman–Crippen LogP) is 2.41. The van der Waals surface area contributed by atoms with E-state index in [1.165, 1.54) is 6.92 Å². The summed E-state index contributed by atoms with van der Waals surface area (Å²) in [4.78, 5) is 35.4. The van der Waals surface area contributed by atoms with E-state index in [2.05, 4.69) is 10.6 Å². The Bertz CT molecular complexity index is 681. The first-order valence-corrected chi connectivity index (χ1v) is 8.62. The molecule has 0 saturated carbocycles. The summed E-state index contributed by atoms with van der Waals surface area (Å²) in [6.45, 7) is 7.05. The van der Waals surface area contributed by atoms with Crippen molar-refractivity contribution in [2.45, 2.75) is 59.0 Å². The van der Waals surface area contributed by atoms with Gasteiger partial charge >= 0.3 is 5.97 Å². The van der Waals surface area contributed by atoms with E-state index in [4.69, 9.17) is 0 Å². The summed E-state index contributed by atoms with van der Waals surface area (Å²) in [6, 6.07) is 0.528. The van der Waals surface area contributed by atoms with Gasteiger partial charge in [-0.1, -0.05) is 20.8 Å². The van der Waals surface area contributed by atoms with E-state index in [0.717, 1.165) is 12.1 Å². The molecule has 0 aliphatic carbocycles. The number of carbonyl (C=O) groups is 3. The van der Waals surface area contributed by atoms with Crippen molar-refractivity contribution in [1.29, 1.82) is 0 Å². The van der Waals surface area contributed by atoms with Crippen LogP contribution >= 0.6 is 0 Å². The van der Waals surface area contributed by atoms with Crippen molar-refractivity contribution in [3.8, 4) is 0 Å². The normalized spacial score (nSPS) is 13.6. The van der Waals surface area contributed by atoms with Crippen molar-refractivity contribution in [1.82, 2.24) is 10.6 Å². The third-order valence-electron chi connectivity index (χ3n) is 3.85. The number of carboxylic acid groups (broad SMARTS) is 1. The van der Waals surface area contributed by atoms with Crippen LogP contribution in [0, 0.1) is 17.0 Å². The molecular weight excluding hydrogens is 358 g/mol. The van der Waals surface area contributed by atoms with E-state index in [1.54, 1.807) is 0 Å². The van der Waals surface area contributed by atoms with Crippen molar-refractivity contribution >= 4 is 17.8 Å². The van der Waals surface area contributed by atoms with Crippen LogP contribution in [-0.2, 0) is 20.8 Å². The maximum Gasteiger partial charge on any atom is 0.326 e. The van der Waals surface area contributed by atoms with Crippen LogP contribution in [-0.4, -0.2) is 35.0 Å². The third-order valence-corrected chi connectivity index (χ3v) is 3.85. The smallest absolute Gasteiger partial charge is 0.326 e. The number of halogens is 2. The zero-order valence-electron chi connectivity index (χ0n) is 15.9. The molecule has 0 bridgehead atoms. The van der Waals surface area contributed by atoms with E-state index in [-0.39, 0.29) is 23.8 Å². The molecule has 1 aromatic carbocycles. The van der Waals surface area contributed by atoms with Gasteiger partial charge in [-0.2, -0.15) is 0 Å². The van der Waals surface area contributed by atoms with Crippen LogP contribution in [0.25, 0.3) is 0 Å². The van der Waals surface area contributed by atoms with Gasteiger partial charge in [0, 0.05) is 19.4 Å². The summed E-state index contributed by atoms with van der Waals surface area (Å²) >= 11 is 0. The topological polar surface area (TPSA) is 95.5 Å². The van der Waals surface area contributed by atoms with Crippen LogP contribution in [0.15, 0.2) is 18.2 Å². The molecule has 27 heavy (non-hydrogen) atoms. The third kappa shape index (κ3) is 8.61. The van der Waals surface area contributed by atoms with Gasteiger partial charge in [0.1, 0.15) is 23.7 Å². The van der Waals surface area contributed by atoms with Gasteiger partial charge in [0.2, 0.25) is 11.8 Å². The van der Waals surface area contributed by atoms with Gasteiger partial charge in [-0.05, 0) is 36.0 Å². The molecule has 0 aliphatic heterocycles. The Balaban J connectivity index is 2.92. The molecule has 8 heteroatoms. The minimum atomic E-state index is -1.19. The van der Waals surface area contributed by atoms with Gasteiger partial charge in [0.25, 0.3) is 0 Å². The molecule has 0 aliphatic rings. The average Bonchev–Trinajstić information content (AvgIpc) is 2.47. The quantitative estimate of drug-likeness (QED) is 0.641. The summed E-state index contributed by atoms with van der Waals surface area (Å²) in [5.41, 5.74) is 0.0529. The number of benzene rings is 1. The molecule has 0 saturated heterocycles.